The molecule has 1 aromatic rings. The fraction of sp³-hybridized carbons (Fsp3) is 0.250. The lowest BCUT2D eigenvalue weighted by atomic mass is 10.2. The Morgan fingerprint density at radius 2 is 2.17 bits per heavy atom. The van der Waals surface area contributed by atoms with E-state index in [0.29, 0.717) is 12.1 Å². The zero-order chi connectivity index (χ0) is 8.27. The number of phenolic OH excluding ortho intramolecular Hbond substituents is 1. The third-order valence-corrected chi connectivity index (χ3v) is 1.43. The second kappa shape index (κ2) is 4.95. The van der Waals surface area contributed by atoms with Crippen molar-refractivity contribution >= 4 is 12.4 Å². The summed E-state index contributed by atoms with van der Waals surface area (Å²) in [6.45, 7) is 0.431. The quantitative estimate of drug-likeness (QED) is 0.746. The van der Waals surface area contributed by atoms with Gasteiger partial charge in [0.15, 0.2) is 11.6 Å². The van der Waals surface area contributed by atoms with Crippen LogP contribution in [-0.4, -0.2) is 12.2 Å². The minimum absolute atomic E-state index is 0. The summed E-state index contributed by atoms with van der Waals surface area (Å²) in [5.41, 5.74) is 0.479. The number of nitrogens with one attached hydrogen (secondary N) is 1. The molecule has 0 aliphatic rings. The summed E-state index contributed by atoms with van der Waals surface area (Å²) in [5, 5.41) is 11.7. The third kappa shape index (κ3) is 2.36. The summed E-state index contributed by atoms with van der Waals surface area (Å²) in [5.74, 6) is -0.834. The van der Waals surface area contributed by atoms with Gasteiger partial charge in [-0.3, -0.25) is 0 Å². The van der Waals surface area contributed by atoms with Crippen LogP contribution in [0, 0.1) is 5.82 Å². The number of hydrogen-bond donors (Lipinski definition) is 2. The Labute approximate surface area is 76.8 Å². The molecule has 0 atom stereocenters. The Hall–Kier alpha value is -0.800. The lowest BCUT2D eigenvalue weighted by Crippen LogP contribution is -2.06. The van der Waals surface area contributed by atoms with Gasteiger partial charge in [0.05, 0.1) is 0 Å². The zero-order valence-electron chi connectivity index (χ0n) is 6.67. The highest BCUT2D eigenvalue weighted by molar-refractivity contribution is 5.85. The van der Waals surface area contributed by atoms with Crippen molar-refractivity contribution in [3.63, 3.8) is 0 Å². The summed E-state index contributed by atoms with van der Waals surface area (Å²) in [7, 11) is 1.73. The van der Waals surface area contributed by atoms with Gasteiger partial charge in [0, 0.05) is 12.1 Å². The molecule has 0 radical (unpaired) electrons. The van der Waals surface area contributed by atoms with Gasteiger partial charge in [-0.1, -0.05) is 12.1 Å². The second-order valence-electron chi connectivity index (χ2n) is 2.28. The largest absolute Gasteiger partial charge is 0.505 e. The minimum atomic E-state index is -0.540. The van der Waals surface area contributed by atoms with E-state index in [9.17, 15) is 4.39 Å². The smallest absolute Gasteiger partial charge is 0.169 e. The zero-order valence-corrected chi connectivity index (χ0v) is 7.49. The predicted octanol–water partition coefficient (Wildman–Crippen LogP) is 1.67. The van der Waals surface area contributed by atoms with Crippen LogP contribution < -0.4 is 5.32 Å². The first-order valence-electron chi connectivity index (χ1n) is 3.36. The maximum Gasteiger partial charge on any atom is 0.169 e. The van der Waals surface area contributed by atoms with Gasteiger partial charge < -0.3 is 10.4 Å². The van der Waals surface area contributed by atoms with Crippen molar-refractivity contribution in [2.75, 3.05) is 7.05 Å². The van der Waals surface area contributed by atoms with Gasteiger partial charge in [0.25, 0.3) is 0 Å². The number of benzene rings is 1. The van der Waals surface area contributed by atoms with Crippen LogP contribution in [-0.2, 0) is 6.54 Å². The van der Waals surface area contributed by atoms with Gasteiger partial charge in [-0.05, 0) is 13.1 Å². The molecule has 68 valence electrons. The first-order chi connectivity index (χ1) is 5.25. The molecule has 0 saturated heterocycles. The number of aromatic hydroxyl groups is 1. The van der Waals surface area contributed by atoms with Gasteiger partial charge in [-0.2, -0.15) is 0 Å². The number of rotatable bonds is 2. The van der Waals surface area contributed by atoms with Gasteiger partial charge in [-0.25, -0.2) is 4.39 Å². The average molecular weight is 192 g/mol. The topological polar surface area (TPSA) is 32.3 Å². The Balaban J connectivity index is 0.00000121. The summed E-state index contributed by atoms with van der Waals surface area (Å²) >= 11 is 0. The summed E-state index contributed by atoms with van der Waals surface area (Å²) in [6, 6.07) is 4.57. The fourth-order valence-corrected chi connectivity index (χ4v) is 0.893. The van der Waals surface area contributed by atoms with Crippen LogP contribution in [0.4, 0.5) is 4.39 Å². The molecule has 0 aliphatic carbocycles. The molecule has 0 saturated carbocycles. The first-order valence-corrected chi connectivity index (χ1v) is 3.36. The van der Waals surface area contributed by atoms with E-state index in [1.165, 1.54) is 6.07 Å². The van der Waals surface area contributed by atoms with Crippen LogP contribution in [0.5, 0.6) is 5.75 Å². The van der Waals surface area contributed by atoms with E-state index in [2.05, 4.69) is 5.32 Å². The molecule has 0 unspecified atom stereocenters. The molecule has 0 spiro atoms. The molecule has 0 amide bonds. The van der Waals surface area contributed by atoms with E-state index in [1.54, 1.807) is 19.2 Å². The van der Waals surface area contributed by atoms with Crippen LogP contribution in [0.1, 0.15) is 5.56 Å². The Morgan fingerprint density at radius 1 is 1.50 bits per heavy atom. The normalized spacial score (nSPS) is 9.17. The molecule has 0 aromatic heterocycles. The highest BCUT2D eigenvalue weighted by Gasteiger charge is 2.04. The molecule has 2 nitrogen and oxygen atoms in total. The number of halogens is 2. The lowest BCUT2D eigenvalue weighted by molar-refractivity contribution is 0.427. The van der Waals surface area contributed by atoms with Crippen molar-refractivity contribution in [1.29, 1.82) is 0 Å². The highest BCUT2D eigenvalue weighted by atomic mass is 35.5. The van der Waals surface area contributed by atoms with E-state index in [4.69, 9.17) is 5.11 Å². The Bertz CT molecular complexity index is 255. The van der Waals surface area contributed by atoms with Crippen molar-refractivity contribution in [2.24, 2.45) is 0 Å². The van der Waals surface area contributed by atoms with Crippen molar-refractivity contribution in [1.82, 2.24) is 5.32 Å². The summed E-state index contributed by atoms with van der Waals surface area (Å²) in [6.07, 6.45) is 0. The number of phenols is 1. The van der Waals surface area contributed by atoms with Crippen LogP contribution in [0.2, 0.25) is 0 Å². The maximum atomic E-state index is 12.9. The lowest BCUT2D eigenvalue weighted by Gasteiger charge is -2.02. The van der Waals surface area contributed by atoms with Crippen LogP contribution in [0.25, 0.3) is 0 Å². The molecule has 2 N–H and O–H groups in total. The standard InChI is InChI=1S/C8H10FNO.ClH/c1-10-5-6-3-2-4-7(11)8(6)9;/h2-4,10-11H,5H2,1H3;1H. The Morgan fingerprint density at radius 3 is 2.75 bits per heavy atom. The second-order valence-corrected chi connectivity index (χ2v) is 2.28. The molecule has 0 aliphatic heterocycles. The van der Waals surface area contributed by atoms with Gasteiger partial charge in [0.2, 0.25) is 0 Å². The molecule has 1 aromatic carbocycles. The molecule has 0 fully saturated rings. The first kappa shape index (κ1) is 11.2. The monoisotopic (exact) mass is 191 g/mol. The van der Waals surface area contributed by atoms with Gasteiger partial charge >= 0.3 is 0 Å². The molecular weight excluding hydrogens is 181 g/mol. The molecule has 4 heteroatoms. The Kier molecular flexibility index (Phi) is 4.62. The van der Waals surface area contributed by atoms with E-state index < -0.39 is 5.82 Å². The summed E-state index contributed by atoms with van der Waals surface area (Å²) in [4.78, 5) is 0. The molecule has 0 heterocycles. The maximum absolute atomic E-state index is 12.9. The van der Waals surface area contributed by atoms with Crippen molar-refractivity contribution in [3.8, 4) is 5.75 Å². The van der Waals surface area contributed by atoms with Crippen molar-refractivity contribution in [2.45, 2.75) is 6.54 Å². The predicted molar refractivity (Wildman–Crippen MR) is 48.1 cm³/mol. The van der Waals surface area contributed by atoms with Crippen LogP contribution in [0.3, 0.4) is 0 Å². The SMILES string of the molecule is CNCc1cccc(O)c1F.Cl. The van der Waals surface area contributed by atoms with Crippen molar-refractivity contribution in [3.05, 3.63) is 29.6 Å². The molecule has 12 heavy (non-hydrogen) atoms. The van der Waals surface area contributed by atoms with Crippen LogP contribution in [0.15, 0.2) is 18.2 Å². The van der Waals surface area contributed by atoms with Gasteiger partial charge in [0.1, 0.15) is 0 Å². The average Bonchev–Trinajstić information content (AvgIpc) is 1.99. The third-order valence-electron chi connectivity index (χ3n) is 1.43. The van der Waals surface area contributed by atoms with E-state index >= 15 is 0 Å². The van der Waals surface area contributed by atoms with E-state index in [-0.39, 0.29) is 18.2 Å². The van der Waals surface area contributed by atoms with E-state index in [0.717, 1.165) is 0 Å². The minimum Gasteiger partial charge on any atom is -0.505 e. The van der Waals surface area contributed by atoms with Crippen LogP contribution >= 0.6 is 12.4 Å². The van der Waals surface area contributed by atoms with E-state index in [1.807, 2.05) is 0 Å². The highest BCUT2D eigenvalue weighted by Crippen LogP contribution is 2.17. The van der Waals surface area contributed by atoms with Gasteiger partial charge in [-0.15, -0.1) is 12.4 Å². The number of hydrogen-bond acceptors (Lipinski definition) is 2. The fourth-order valence-electron chi connectivity index (χ4n) is 0.893. The molecule has 0 bridgehead atoms. The van der Waals surface area contributed by atoms with Crippen molar-refractivity contribution < 1.29 is 9.50 Å². The molecule has 1 rings (SSSR count). The molecular formula is C8H11ClFNO. The summed E-state index contributed by atoms with van der Waals surface area (Å²) < 4.78 is 12.9.